The third kappa shape index (κ3) is 6.81. The summed E-state index contributed by atoms with van der Waals surface area (Å²) in [4.78, 5) is 4.64. The third-order valence-corrected chi connectivity index (χ3v) is 3.94. The lowest BCUT2D eigenvalue weighted by molar-refractivity contribution is 0.649. The second kappa shape index (κ2) is 11.3. The van der Waals surface area contributed by atoms with Crippen LogP contribution in [-0.4, -0.2) is 33.8 Å². The van der Waals surface area contributed by atoms with E-state index in [1.54, 1.807) is 6.33 Å². The van der Waals surface area contributed by atoms with E-state index >= 15 is 0 Å². The SMILES string of the molecule is CCNC(=NCCn1cnnc1CC)NC(C)c1ccc(Cl)cc1.I. The van der Waals surface area contributed by atoms with Gasteiger partial charge in [-0.1, -0.05) is 30.7 Å². The van der Waals surface area contributed by atoms with Crippen molar-refractivity contribution in [3.05, 3.63) is 47.0 Å². The predicted octanol–water partition coefficient (Wildman–Crippen LogP) is 3.43. The normalized spacial score (nSPS) is 12.4. The van der Waals surface area contributed by atoms with Crippen LogP contribution in [0.3, 0.4) is 0 Å². The Labute approximate surface area is 171 Å². The van der Waals surface area contributed by atoms with Gasteiger partial charge in [-0.05, 0) is 31.5 Å². The minimum absolute atomic E-state index is 0. The Balaban J connectivity index is 0.00000312. The second-order valence-corrected chi connectivity index (χ2v) is 5.91. The fraction of sp³-hybridized carbons (Fsp3) is 0.471. The van der Waals surface area contributed by atoms with E-state index in [1.807, 2.05) is 28.8 Å². The highest BCUT2D eigenvalue weighted by Crippen LogP contribution is 2.15. The zero-order valence-corrected chi connectivity index (χ0v) is 18.0. The Bertz CT molecular complexity index is 655. The zero-order valence-electron chi connectivity index (χ0n) is 14.9. The molecular formula is C17H26ClIN6. The molecule has 2 N–H and O–H groups in total. The van der Waals surface area contributed by atoms with Gasteiger partial charge in [0.15, 0.2) is 5.96 Å². The zero-order chi connectivity index (χ0) is 17.4. The van der Waals surface area contributed by atoms with E-state index in [4.69, 9.17) is 11.6 Å². The van der Waals surface area contributed by atoms with E-state index < -0.39 is 0 Å². The van der Waals surface area contributed by atoms with Crippen molar-refractivity contribution < 1.29 is 0 Å². The molecule has 0 aliphatic rings. The van der Waals surface area contributed by atoms with E-state index in [-0.39, 0.29) is 30.0 Å². The summed E-state index contributed by atoms with van der Waals surface area (Å²) in [5.74, 6) is 1.78. The van der Waals surface area contributed by atoms with Gasteiger partial charge in [-0.2, -0.15) is 0 Å². The lowest BCUT2D eigenvalue weighted by atomic mass is 10.1. The van der Waals surface area contributed by atoms with E-state index in [0.717, 1.165) is 41.9 Å². The van der Waals surface area contributed by atoms with Gasteiger partial charge in [0.05, 0.1) is 12.6 Å². The average molecular weight is 477 g/mol. The van der Waals surface area contributed by atoms with Crippen molar-refractivity contribution in [2.45, 2.75) is 39.8 Å². The number of hydrogen-bond acceptors (Lipinski definition) is 3. The van der Waals surface area contributed by atoms with Crippen molar-refractivity contribution in [2.75, 3.05) is 13.1 Å². The van der Waals surface area contributed by atoms with Crippen LogP contribution in [0.1, 0.15) is 38.2 Å². The number of aromatic nitrogens is 3. The summed E-state index contributed by atoms with van der Waals surface area (Å²) in [6.07, 6.45) is 2.63. The molecule has 25 heavy (non-hydrogen) atoms. The molecule has 1 atom stereocenters. The standard InChI is InChI=1S/C17H25ClN6.HI/c1-4-16-23-21-12-24(16)11-10-20-17(19-5-2)22-13(3)14-6-8-15(18)9-7-14;/h6-9,12-13H,4-5,10-11H2,1-3H3,(H2,19,20,22);1H. The lowest BCUT2D eigenvalue weighted by Gasteiger charge is -2.18. The third-order valence-electron chi connectivity index (χ3n) is 3.69. The molecule has 0 saturated carbocycles. The summed E-state index contributed by atoms with van der Waals surface area (Å²) in [6.45, 7) is 8.47. The molecule has 0 aliphatic heterocycles. The molecule has 2 aromatic rings. The highest BCUT2D eigenvalue weighted by atomic mass is 127. The van der Waals surface area contributed by atoms with Gasteiger partial charge in [0.1, 0.15) is 12.2 Å². The van der Waals surface area contributed by atoms with Crippen LogP contribution < -0.4 is 10.6 Å². The fourth-order valence-electron chi connectivity index (χ4n) is 2.37. The lowest BCUT2D eigenvalue weighted by Crippen LogP contribution is -2.39. The summed E-state index contributed by atoms with van der Waals surface area (Å²) in [5, 5.41) is 15.5. The van der Waals surface area contributed by atoms with Crippen LogP contribution in [0, 0.1) is 0 Å². The first kappa shape index (κ1) is 21.7. The molecule has 2 rings (SSSR count). The maximum atomic E-state index is 5.94. The first-order valence-electron chi connectivity index (χ1n) is 8.31. The number of aliphatic imine (C=N–C) groups is 1. The summed E-state index contributed by atoms with van der Waals surface area (Å²) in [6, 6.07) is 7.98. The van der Waals surface area contributed by atoms with Crippen LogP contribution in [-0.2, 0) is 13.0 Å². The molecule has 0 aliphatic carbocycles. The molecule has 0 saturated heterocycles. The van der Waals surface area contributed by atoms with Gasteiger partial charge in [0, 0.05) is 24.5 Å². The number of nitrogens with zero attached hydrogens (tertiary/aromatic N) is 4. The first-order chi connectivity index (χ1) is 11.6. The monoisotopic (exact) mass is 476 g/mol. The molecule has 1 aromatic heterocycles. The number of nitrogens with one attached hydrogen (secondary N) is 2. The maximum Gasteiger partial charge on any atom is 0.191 e. The van der Waals surface area contributed by atoms with Crippen molar-refractivity contribution in [2.24, 2.45) is 4.99 Å². The first-order valence-corrected chi connectivity index (χ1v) is 8.68. The second-order valence-electron chi connectivity index (χ2n) is 5.47. The highest BCUT2D eigenvalue weighted by molar-refractivity contribution is 14.0. The Morgan fingerprint density at radius 2 is 2.00 bits per heavy atom. The molecule has 1 heterocycles. The molecule has 6 nitrogen and oxygen atoms in total. The number of guanidine groups is 1. The average Bonchev–Trinajstić information content (AvgIpc) is 3.03. The van der Waals surface area contributed by atoms with Crippen LogP contribution in [0.25, 0.3) is 0 Å². The van der Waals surface area contributed by atoms with Crippen molar-refractivity contribution in [1.29, 1.82) is 0 Å². The van der Waals surface area contributed by atoms with E-state index in [9.17, 15) is 0 Å². The molecule has 8 heteroatoms. The Morgan fingerprint density at radius 1 is 1.28 bits per heavy atom. The fourth-order valence-corrected chi connectivity index (χ4v) is 2.49. The van der Waals surface area contributed by atoms with Crippen LogP contribution in [0.2, 0.25) is 5.02 Å². The van der Waals surface area contributed by atoms with Crippen molar-refractivity contribution in [3.63, 3.8) is 0 Å². The van der Waals surface area contributed by atoms with E-state index in [1.165, 1.54) is 0 Å². The van der Waals surface area contributed by atoms with Crippen LogP contribution in [0.5, 0.6) is 0 Å². The van der Waals surface area contributed by atoms with E-state index in [0.29, 0.717) is 6.54 Å². The quantitative estimate of drug-likeness (QED) is 0.365. The molecular weight excluding hydrogens is 451 g/mol. The van der Waals surface area contributed by atoms with Gasteiger partial charge >= 0.3 is 0 Å². The number of halogens is 2. The molecule has 0 amide bonds. The van der Waals surface area contributed by atoms with Crippen molar-refractivity contribution >= 4 is 41.5 Å². The maximum absolute atomic E-state index is 5.94. The number of aryl methyl sites for hydroxylation is 1. The Kier molecular flexibility index (Phi) is 9.81. The van der Waals surface area contributed by atoms with Gasteiger partial charge in [0.25, 0.3) is 0 Å². The number of rotatable bonds is 7. The Hall–Kier alpha value is -1.35. The summed E-state index contributed by atoms with van der Waals surface area (Å²) in [5.41, 5.74) is 1.16. The summed E-state index contributed by atoms with van der Waals surface area (Å²) in [7, 11) is 0. The van der Waals surface area contributed by atoms with Crippen molar-refractivity contribution in [1.82, 2.24) is 25.4 Å². The van der Waals surface area contributed by atoms with Crippen LogP contribution in [0.15, 0.2) is 35.6 Å². The molecule has 138 valence electrons. The summed E-state index contributed by atoms with van der Waals surface area (Å²) >= 11 is 5.94. The number of hydrogen-bond donors (Lipinski definition) is 2. The smallest absolute Gasteiger partial charge is 0.191 e. The topological polar surface area (TPSA) is 67.1 Å². The summed E-state index contributed by atoms with van der Waals surface area (Å²) < 4.78 is 2.04. The highest BCUT2D eigenvalue weighted by Gasteiger charge is 2.08. The molecule has 1 aromatic carbocycles. The van der Waals surface area contributed by atoms with Gasteiger partial charge in [-0.15, -0.1) is 34.2 Å². The van der Waals surface area contributed by atoms with Gasteiger partial charge in [-0.25, -0.2) is 0 Å². The molecule has 0 spiro atoms. The minimum atomic E-state index is 0. The predicted molar refractivity (Wildman–Crippen MR) is 114 cm³/mol. The van der Waals surface area contributed by atoms with Crippen LogP contribution >= 0.6 is 35.6 Å². The van der Waals surface area contributed by atoms with Gasteiger partial charge in [-0.3, -0.25) is 4.99 Å². The Morgan fingerprint density at radius 3 is 2.64 bits per heavy atom. The minimum Gasteiger partial charge on any atom is -0.357 e. The molecule has 1 unspecified atom stereocenters. The van der Waals surface area contributed by atoms with Gasteiger partial charge < -0.3 is 15.2 Å². The van der Waals surface area contributed by atoms with Crippen LogP contribution in [0.4, 0.5) is 0 Å². The van der Waals surface area contributed by atoms with E-state index in [2.05, 4.69) is 46.6 Å². The molecule has 0 bridgehead atoms. The van der Waals surface area contributed by atoms with Gasteiger partial charge in [0.2, 0.25) is 0 Å². The molecule has 0 fully saturated rings. The molecule has 0 radical (unpaired) electrons. The largest absolute Gasteiger partial charge is 0.357 e. The van der Waals surface area contributed by atoms with Crippen molar-refractivity contribution in [3.8, 4) is 0 Å². The number of benzene rings is 1.